The molecule has 0 amide bonds. The van der Waals surface area contributed by atoms with Crippen molar-refractivity contribution >= 4 is 11.8 Å². The standard InChI is InChI=1S/C8H10N2/c9-6-5-7-1-3-8(10)4-2-7/h1-6H,9-10H2/b6-5+. The fraction of sp³-hybridized carbons (Fsp3) is 0. The first-order valence-corrected chi connectivity index (χ1v) is 3.07. The number of hydrogen-bond acceptors (Lipinski definition) is 2. The Morgan fingerprint density at radius 3 is 2.20 bits per heavy atom. The molecule has 0 aromatic heterocycles. The second kappa shape index (κ2) is 2.92. The SMILES string of the molecule is N/C=C/c1ccc(N)cc1. The highest BCUT2D eigenvalue weighted by atomic mass is 14.5. The van der Waals surface area contributed by atoms with Crippen molar-refractivity contribution in [2.45, 2.75) is 0 Å². The van der Waals surface area contributed by atoms with E-state index in [-0.39, 0.29) is 0 Å². The van der Waals surface area contributed by atoms with Crippen LogP contribution in [-0.4, -0.2) is 0 Å². The zero-order valence-electron chi connectivity index (χ0n) is 5.62. The molecule has 0 fully saturated rings. The molecule has 0 heterocycles. The summed E-state index contributed by atoms with van der Waals surface area (Å²) in [6.07, 6.45) is 3.32. The van der Waals surface area contributed by atoms with Gasteiger partial charge in [0.05, 0.1) is 0 Å². The molecular weight excluding hydrogens is 124 g/mol. The highest BCUT2D eigenvalue weighted by molar-refractivity contribution is 5.52. The van der Waals surface area contributed by atoms with E-state index in [9.17, 15) is 0 Å². The van der Waals surface area contributed by atoms with Gasteiger partial charge in [-0.25, -0.2) is 0 Å². The molecular formula is C8H10N2. The molecule has 0 aliphatic carbocycles. The predicted molar refractivity (Wildman–Crippen MR) is 44.1 cm³/mol. The highest BCUT2D eigenvalue weighted by Crippen LogP contribution is 2.05. The number of hydrogen-bond donors (Lipinski definition) is 2. The van der Waals surface area contributed by atoms with E-state index in [1.54, 1.807) is 0 Å². The van der Waals surface area contributed by atoms with Crippen LogP contribution in [0, 0.1) is 0 Å². The van der Waals surface area contributed by atoms with Crippen molar-refractivity contribution in [2.75, 3.05) is 5.73 Å². The first kappa shape index (κ1) is 6.68. The molecule has 1 aromatic rings. The van der Waals surface area contributed by atoms with Crippen molar-refractivity contribution < 1.29 is 0 Å². The second-order valence-electron chi connectivity index (χ2n) is 2.03. The third-order valence-corrected chi connectivity index (χ3v) is 1.23. The van der Waals surface area contributed by atoms with Crippen LogP contribution in [0.25, 0.3) is 6.08 Å². The lowest BCUT2D eigenvalue weighted by Gasteiger charge is -1.92. The molecule has 0 atom stereocenters. The van der Waals surface area contributed by atoms with Gasteiger partial charge in [0.1, 0.15) is 0 Å². The van der Waals surface area contributed by atoms with Crippen molar-refractivity contribution in [1.82, 2.24) is 0 Å². The summed E-state index contributed by atoms with van der Waals surface area (Å²) in [4.78, 5) is 0. The minimum absolute atomic E-state index is 0.772. The Morgan fingerprint density at radius 1 is 1.10 bits per heavy atom. The molecule has 0 saturated heterocycles. The van der Waals surface area contributed by atoms with Crippen molar-refractivity contribution in [2.24, 2.45) is 5.73 Å². The van der Waals surface area contributed by atoms with Crippen molar-refractivity contribution in [1.29, 1.82) is 0 Å². The Balaban J connectivity index is 2.89. The molecule has 2 nitrogen and oxygen atoms in total. The summed E-state index contributed by atoms with van der Waals surface area (Å²) in [5.41, 5.74) is 12.5. The molecule has 2 heteroatoms. The van der Waals surface area contributed by atoms with Gasteiger partial charge in [-0.15, -0.1) is 0 Å². The van der Waals surface area contributed by atoms with E-state index < -0.39 is 0 Å². The summed E-state index contributed by atoms with van der Waals surface area (Å²) in [6.45, 7) is 0. The quantitative estimate of drug-likeness (QED) is 0.567. The maximum absolute atomic E-state index is 5.47. The zero-order chi connectivity index (χ0) is 7.40. The number of anilines is 1. The lowest BCUT2D eigenvalue weighted by molar-refractivity contribution is 1.59. The Labute approximate surface area is 60.2 Å². The first-order valence-electron chi connectivity index (χ1n) is 3.07. The summed E-state index contributed by atoms with van der Waals surface area (Å²) in [5, 5.41) is 0. The molecule has 0 spiro atoms. The summed E-state index contributed by atoms with van der Waals surface area (Å²) in [5.74, 6) is 0. The average molecular weight is 134 g/mol. The summed E-state index contributed by atoms with van der Waals surface area (Å²) >= 11 is 0. The van der Waals surface area contributed by atoms with Crippen LogP contribution in [0.15, 0.2) is 30.5 Å². The van der Waals surface area contributed by atoms with Crippen molar-refractivity contribution in [3.05, 3.63) is 36.0 Å². The normalized spacial score (nSPS) is 10.4. The van der Waals surface area contributed by atoms with E-state index in [1.807, 2.05) is 30.3 Å². The Kier molecular flexibility index (Phi) is 1.95. The summed E-state index contributed by atoms with van der Waals surface area (Å²) in [7, 11) is 0. The number of nitrogens with two attached hydrogens (primary N) is 2. The fourth-order valence-electron chi connectivity index (χ4n) is 0.718. The van der Waals surface area contributed by atoms with Gasteiger partial charge >= 0.3 is 0 Å². The molecule has 0 bridgehead atoms. The number of rotatable bonds is 1. The van der Waals surface area contributed by atoms with E-state index in [0.29, 0.717) is 0 Å². The minimum Gasteiger partial charge on any atom is -0.405 e. The Hall–Kier alpha value is -1.44. The second-order valence-corrected chi connectivity index (χ2v) is 2.03. The summed E-state index contributed by atoms with van der Waals surface area (Å²) in [6, 6.07) is 7.52. The molecule has 4 N–H and O–H groups in total. The third kappa shape index (κ3) is 1.52. The fourth-order valence-corrected chi connectivity index (χ4v) is 0.718. The van der Waals surface area contributed by atoms with Crippen LogP contribution in [0.3, 0.4) is 0 Å². The van der Waals surface area contributed by atoms with Gasteiger partial charge in [0.25, 0.3) is 0 Å². The van der Waals surface area contributed by atoms with Gasteiger partial charge in [-0.05, 0) is 30.0 Å². The van der Waals surface area contributed by atoms with Gasteiger partial charge in [0, 0.05) is 5.69 Å². The van der Waals surface area contributed by atoms with E-state index in [1.165, 1.54) is 6.20 Å². The monoisotopic (exact) mass is 134 g/mol. The molecule has 0 aliphatic rings. The van der Waals surface area contributed by atoms with Crippen LogP contribution in [0.4, 0.5) is 5.69 Å². The number of benzene rings is 1. The minimum atomic E-state index is 0.772. The van der Waals surface area contributed by atoms with Crippen molar-refractivity contribution in [3.63, 3.8) is 0 Å². The van der Waals surface area contributed by atoms with E-state index in [4.69, 9.17) is 11.5 Å². The summed E-state index contributed by atoms with van der Waals surface area (Å²) < 4.78 is 0. The van der Waals surface area contributed by atoms with Crippen LogP contribution in [0.2, 0.25) is 0 Å². The largest absolute Gasteiger partial charge is 0.405 e. The molecule has 0 unspecified atom stereocenters. The molecule has 1 aromatic carbocycles. The predicted octanol–water partition coefficient (Wildman–Crippen LogP) is 1.20. The van der Waals surface area contributed by atoms with Crippen LogP contribution >= 0.6 is 0 Å². The van der Waals surface area contributed by atoms with E-state index in [0.717, 1.165) is 11.3 Å². The van der Waals surface area contributed by atoms with Gasteiger partial charge in [0.2, 0.25) is 0 Å². The smallest absolute Gasteiger partial charge is 0.0314 e. The van der Waals surface area contributed by atoms with Crippen molar-refractivity contribution in [3.8, 4) is 0 Å². The van der Waals surface area contributed by atoms with Crippen LogP contribution in [0.5, 0.6) is 0 Å². The topological polar surface area (TPSA) is 52.0 Å². The zero-order valence-corrected chi connectivity index (χ0v) is 5.62. The van der Waals surface area contributed by atoms with Gasteiger partial charge in [-0.3, -0.25) is 0 Å². The van der Waals surface area contributed by atoms with Gasteiger partial charge < -0.3 is 11.5 Å². The van der Waals surface area contributed by atoms with Crippen LogP contribution < -0.4 is 11.5 Å². The molecule has 0 saturated carbocycles. The van der Waals surface area contributed by atoms with E-state index >= 15 is 0 Å². The molecule has 52 valence electrons. The van der Waals surface area contributed by atoms with Gasteiger partial charge in [-0.2, -0.15) is 0 Å². The van der Waals surface area contributed by atoms with E-state index in [2.05, 4.69) is 0 Å². The Morgan fingerprint density at radius 2 is 1.70 bits per heavy atom. The first-order chi connectivity index (χ1) is 4.83. The highest BCUT2D eigenvalue weighted by Gasteiger charge is 1.83. The maximum atomic E-state index is 5.47. The maximum Gasteiger partial charge on any atom is 0.0314 e. The molecule has 10 heavy (non-hydrogen) atoms. The third-order valence-electron chi connectivity index (χ3n) is 1.23. The van der Waals surface area contributed by atoms with Gasteiger partial charge in [-0.1, -0.05) is 12.1 Å². The van der Waals surface area contributed by atoms with Gasteiger partial charge in [0.15, 0.2) is 0 Å². The van der Waals surface area contributed by atoms with Crippen LogP contribution in [0.1, 0.15) is 5.56 Å². The number of nitrogen functional groups attached to an aromatic ring is 1. The van der Waals surface area contributed by atoms with Crippen LogP contribution in [-0.2, 0) is 0 Å². The average Bonchev–Trinajstić information content (AvgIpc) is 1.95. The molecule has 0 radical (unpaired) electrons. The lowest BCUT2D eigenvalue weighted by atomic mass is 10.2. The molecule has 1 rings (SSSR count). The molecule has 0 aliphatic heterocycles. The Bertz CT molecular complexity index is 224. The lowest BCUT2D eigenvalue weighted by Crippen LogP contribution is -1.83.